The summed E-state index contributed by atoms with van der Waals surface area (Å²) < 4.78 is 17.9. The topological polar surface area (TPSA) is 48.0 Å². The Hall–Kier alpha value is -2.37. The lowest BCUT2D eigenvalue weighted by Gasteiger charge is -2.43. The van der Waals surface area contributed by atoms with Gasteiger partial charge in [-0.05, 0) is 24.0 Å². The summed E-state index contributed by atoms with van der Waals surface area (Å²) in [4.78, 5) is 14.6. The van der Waals surface area contributed by atoms with Crippen molar-refractivity contribution in [3.63, 3.8) is 0 Å². The molecule has 2 aromatic rings. The van der Waals surface area contributed by atoms with Crippen LogP contribution < -0.4 is 0 Å². The molecular formula is C23H27NO4. The quantitative estimate of drug-likeness (QED) is 0.784. The second-order valence-electron chi connectivity index (χ2n) is 7.68. The minimum atomic E-state index is -0.649. The van der Waals surface area contributed by atoms with Crippen molar-refractivity contribution < 1.29 is 19.0 Å². The van der Waals surface area contributed by atoms with Crippen molar-refractivity contribution >= 4 is 6.09 Å². The Labute approximate surface area is 166 Å². The molecule has 2 aromatic carbocycles. The molecule has 1 aliphatic heterocycles. The van der Waals surface area contributed by atoms with E-state index in [4.69, 9.17) is 14.2 Å². The molecule has 5 heteroatoms. The van der Waals surface area contributed by atoms with Crippen LogP contribution in [-0.2, 0) is 26.4 Å². The van der Waals surface area contributed by atoms with Crippen LogP contribution in [0.4, 0.5) is 4.79 Å². The monoisotopic (exact) mass is 381 g/mol. The van der Waals surface area contributed by atoms with E-state index in [1.165, 1.54) is 0 Å². The zero-order chi connectivity index (χ0) is 19.5. The minimum Gasteiger partial charge on any atom is -0.438 e. The number of benzene rings is 2. The molecule has 1 saturated heterocycles. The predicted molar refractivity (Wildman–Crippen MR) is 106 cm³/mol. The summed E-state index contributed by atoms with van der Waals surface area (Å²) in [6.07, 6.45) is 2.50. The summed E-state index contributed by atoms with van der Waals surface area (Å²) in [7, 11) is 1.78. The minimum absolute atomic E-state index is 0.308. The molecule has 0 unspecified atom stereocenters. The van der Waals surface area contributed by atoms with E-state index in [9.17, 15) is 4.79 Å². The molecule has 1 aliphatic carbocycles. The van der Waals surface area contributed by atoms with E-state index in [1.807, 2.05) is 60.7 Å². The van der Waals surface area contributed by atoms with Crippen LogP contribution in [0.2, 0.25) is 0 Å². The second-order valence-corrected chi connectivity index (χ2v) is 7.68. The molecule has 0 atom stereocenters. The molecule has 1 saturated carbocycles. The first-order valence-corrected chi connectivity index (χ1v) is 9.92. The average Bonchev–Trinajstić information content (AvgIpc) is 3.20. The van der Waals surface area contributed by atoms with Crippen molar-refractivity contribution in [2.75, 3.05) is 20.3 Å². The highest BCUT2D eigenvalue weighted by atomic mass is 16.7. The molecular weight excluding hydrogens is 354 g/mol. The molecule has 1 spiro atoms. The van der Waals surface area contributed by atoms with Crippen LogP contribution >= 0.6 is 0 Å². The summed E-state index contributed by atoms with van der Waals surface area (Å²) in [5.41, 5.74) is 1.46. The largest absolute Gasteiger partial charge is 0.438 e. The van der Waals surface area contributed by atoms with Crippen LogP contribution in [0.25, 0.3) is 0 Å². The molecule has 4 rings (SSSR count). The fourth-order valence-electron chi connectivity index (χ4n) is 4.18. The van der Waals surface area contributed by atoms with E-state index in [0.717, 1.165) is 24.0 Å². The molecule has 2 fully saturated rings. The molecule has 5 nitrogen and oxygen atoms in total. The van der Waals surface area contributed by atoms with Gasteiger partial charge in [0.1, 0.15) is 5.60 Å². The third-order valence-corrected chi connectivity index (χ3v) is 5.79. The molecule has 0 radical (unpaired) electrons. The van der Waals surface area contributed by atoms with Gasteiger partial charge in [0.25, 0.3) is 0 Å². The van der Waals surface area contributed by atoms with Crippen molar-refractivity contribution in [1.29, 1.82) is 0 Å². The van der Waals surface area contributed by atoms with Gasteiger partial charge in [0.05, 0.1) is 13.2 Å². The van der Waals surface area contributed by atoms with Gasteiger partial charge < -0.3 is 19.1 Å². The highest BCUT2D eigenvalue weighted by Crippen LogP contribution is 2.47. The first kappa shape index (κ1) is 19.0. The van der Waals surface area contributed by atoms with Crippen LogP contribution in [0.5, 0.6) is 0 Å². The number of carbonyl (C=O) groups excluding carboxylic acids is 1. The third kappa shape index (κ3) is 3.91. The number of amides is 1. The summed E-state index contributed by atoms with van der Waals surface area (Å²) in [6.45, 7) is 1.79. The standard InChI is InChI=1S/C23H27NO4/c1-24(18-19-8-4-2-5-9-19)21(25)28-22(20-10-6-3-7-11-20)12-14-23(15-13-22)26-16-17-27-23/h2-11H,12-18H2,1H3. The van der Waals surface area contributed by atoms with E-state index < -0.39 is 11.4 Å². The molecule has 2 aliphatic rings. The van der Waals surface area contributed by atoms with Crippen molar-refractivity contribution in [1.82, 2.24) is 4.90 Å². The number of nitrogens with zero attached hydrogens (tertiary/aromatic N) is 1. The number of ether oxygens (including phenoxy) is 3. The van der Waals surface area contributed by atoms with Crippen molar-refractivity contribution in [2.45, 2.75) is 43.6 Å². The fraction of sp³-hybridized carbons (Fsp3) is 0.435. The van der Waals surface area contributed by atoms with Crippen LogP contribution in [0, 0.1) is 0 Å². The summed E-state index contributed by atoms with van der Waals surface area (Å²) in [6, 6.07) is 20.0. The van der Waals surface area contributed by atoms with E-state index in [-0.39, 0.29) is 6.09 Å². The molecule has 0 N–H and O–H groups in total. The Balaban J connectivity index is 1.50. The first-order chi connectivity index (χ1) is 13.6. The van der Waals surface area contributed by atoms with E-state index >= 15 is 0 Å². The SMILES string of the molecule is CN(Cc1ccccc1)C(=O)OC1(c2ccccc2)CCC2(CC1)OCCO2. The van der Waals surface area contributed by atoms with Crippen LogP contribution in [-0.4, -0.2) is 37.0 Å². The third-order valence-electron chi connectivity index (χ3n) is 5.79. The maximum absolute atomic E-state index is 12.9. The zero-order valence-corrected chi connectivity index (χ0v) is 16.3. The van der Waals surface area contributed by atoms with Gasteiger partial charge in [-0.15, -0.1) is 0 Å². The molecule has 0 bridgehead atoms. The fourth-order valence-corrected chi connectivity index (χ4v) is 4.18. The Morgan fingerprint density at radius 2 is 1.50 bits per heavy atom. The van der Waals surface area contributed by atoms with Gasteiger partial charge in [0.15, 0.2) is 5.79 Å². The van der Waals surface area contributed by atoms with Crippen LogP contribution in [0.1, 0.15) is 36.8 Å². The highest BCUT2D eigenvalue weighted by molar-refractivity contribution is 5.68. The maximum atomic E-state index is 12.9. The lowest BCUT2D eigenvalue weighted by molar-refractivity contribution is -0.205. The molecule has 148 valence electrons. The van der Waals surface area contributed by atoms with Gasteiger partial charge in [-0.1, -0.05) is 60.7 Å². The second kappa shape index (κ2) is 7.94. The van der Waals surface area contributed by atoms with Gasteiger partial charge in [-0.2, -0.15) is 0 Å². The Morgan fingerprint density at radius 1 is 0.929 bits per heavy atom. The van der Waals surface area contributed by atoms with E-state index in [2.05, 4.69) is 0 Å². The normalized spacial score (nSPS) is 20.0. The number of carbonyl (C=O) groups is 1. The molecule has 28 heavy (non-hydrogen) atoms. The van der Waals surface area contributed by atoms with Gasteiger partial charge in [0, 0.05) is 26.4 Å². The van der Waals surface area contributed by atoms with Crippen molar-refractivity contribution in [3.8, 4) is 0 Å². The smallest absolute Gasteiger partial charge is 0.410 e. The van der Waals surface area contributed by atoms with Gasteiger partial charge in [0.2, 0.25) is 0 Å². The number of rotatable bonds is 4. The maximum Gasteiger partial charge on any atom is 0.410 e. The van der Waals surface area contributed by atoms with Crippen LogP contribution in [0.15, 0.2) is 60.7 Å². The zero-order valence-electron chi connectivity index (χ0n) is 16.3. The first-order valence-electron chi connectivity index (χ1n) is 9.92. The summed E-state index contributed by atoms with van der Waals surface area (Å²) >= 11 is 0. The molecule has 1 heterocycles. The lowest BCUT2D eigenvalue weighted by Crippen LogP contribution is -2.46. The van der Waals surface area contributed by atoms with Crippen molar-refractivity contribution in [3.05, 3.63) is 71.8 Å². The molecule has 1 amide bonds. The van der Waals surface area contributed by atoms with Crippen molar-refractivity contribution in [2.24, 2.45) is 0 Å². The van der Waals surface area contributed by atoms with Crippen LogP contribution in [0.3, 0.4) is 0 Å². The summed E-state index contributed by atoms with van der Waals surface area (Å²) in [5.74, 6) is -0.499. The van der Waals surface area contributed by atoms with E-state index in [0.29, 0.717) is 32.6 Å². The Bertz CT molecular complexity index is 777. The van der Waals surface area contributed by atoms with Gasteiger partial charge in [-0.3, -0.25) is 0 Å². The predicted octanol–water partition coefficient (Wildman–Crippen LogP) is 4.47. The Morgan fingerprint density at radius 3 is 2.11 bits per heavy atom. The van der Waals surface area contributed by atoms with Gasteiger partial charge >= 0.3 is 6.09 Å². The molecule has 0 aromatic heterocycles. The Kier molecular flexibility index (Phi) is 5.38. The average molecular weight is 381 g/mol. The number of hydrogen-bond acceptors (Lipinski definition) is 4. The summed E-state index contributed by atoms with van der Waals surface area (Å²) in [5, 5.41) is 0. The highest BCUT2D eigenvalue weighted by Gasteiger charge is 2.49. The van der Waals surface area contributed by atoms with E-state index in [1.54, 1.807) is 11.9 Å². The number of hydrogen-bond donors (Lipinski definition) is 0. The lowest BCUT2D eigenvalue weighted by atomic mass is 9.77. The van der Waals surface area contributed by atoms with Gasteiger partial charge in [-0.25, -0.2) is 4.79 Å².